The van der Waals surface area contributed by atoms with E-state index in [1.165, 1.54) is 0 Å². The van der Waals surface area contributed by atoms with Crippen LogP contribution in [0, 0.1) is 0 Å². The van der Waals surface area contributed by atoms with Crippen LogP contribution in [0.2, 0.25) is 0 Å². The molecule has 0 aromatic heterocycles. The SMILES string of the molecule is CC(C)OC(=O)CC=CCCI. The summed E-state index contributed by atoms with van der Waals surface area (Å²) >= 11 is 2.30. The number of alkyl halides is 1. The Labute approximate surface area is 87.5 Å². The highest BCUT2D eigenvalue weighted by Crippen LogP contribution is 1.96. The van der Waals surface area contributed by atoms with Gasteiger partial charge < -0.3 is 4.74 Å². The zero-order valence-electron chi connectivity index (χ0n) is 7.55. The molecule has 0 saturated heterocycles. The van der Waals surface area contributed by atoms with E-state index in [1.54, 1.807) is 0 Å². The quantitative estimate of drug-likeness (QED) is 0.335. The lowest BCUT2D eigenvalue weighted by Crippen LogP contribution is -2.09. The number of hydrogen-bond acceptors (Lipinski definition) is 2. The van der Waals surface area contributed by atoms with Gasteiger partial charge in [-0.25, -0.2) is 0 Å². The number of carbonyl (C=O) groups is 1. The summed E-state index contributed by atoms with van der Waals surface area (Å²) in [6.07, 6.45) is 5.29. The molecular weight excluding hydrogens is 267 g/mol. The Morgan fingerprint density at radius 2 is 2.17 bits per heavy atom. The van der Waals surface area contributed by atoms with Gasteiger partial charge in [0, 0.05) is 4.43 Å². The first-order valence-electron chi connectivity index (χ1n) is 4.07. The fraction of sp³-hybridized carbons (Fsp3) is 0.667. The van der Waals surface area contributed by atoms with Gasteiger partial charge in [0.2, 0.25) is 0 Å². The van der Waals surface area contributed by atoms with Gasteiger partial charge in [0.1, 0.15) is 0 Å². The standard InChI is InChI=1S/C9H15IO2/c1-8(2)12-9(11)6-4-3-5-7-10/h3-4,8H,5-7H2,1-2H3. The number of allylic oxidation sites excluding steroid dienone is 1. The summed E-state index contributed by atoms with van der Waals surface area (Å²) in [5, 5.41) is 0. The fourth-order valence-electron chi connectivity index (χ4n) is 0.671. The smallest absolute Gasteiger partial charge is 0.309 e. The van der Waals surface area contributed by atoms with Crippen molar-refractivity contribution in [1.29, 1.82) is 0 Å². The highest BCUT2D eigenvalue weighted by Gasteiger charge is 2.01. The van der Waals surface area contributed by atoms with E-state index in [4.69, 9.17) is 4.74 Å². The number of carbonyl (C=O) groups excluding carboxylic acids is 1. The molecule has 0 atom stereocenters. The topological polar surface area (TPSA) is 26.3 Å². The number of esters is 1. The van der Waals surface area contributed by atoms with Gasteiger partial charge in [-0.2, -0.15) is 0 Å². The summed E-state index contributed by atoms with van der Waals surface area (Å²) in [5.41, 5.74) is 0. The van der Waals surface area contributed by atoms with E-state index < -0.39 is 0 Å². The molecular formula is C9H15IO2. The third-order valence-corrected chi connectivity index (χ3v) is 1.72. The number of rotatable bonds is 5. The van der Waals surface area contributed by atoms with Crippen molar-refractivity contribution in [3.63, 3.8) is 0 Å². The van der Waals surface area contributed by atoms with Crippen LogP contribution >= 0.6 is 22.6 Å². The second-order valence-electron chi connectivity index (χ2n) is 2.69. The van der Waals surface area contributed by atoms with E-state index in [0.717, 1.165) is 10.8 Å². The van der Waals surface area contributed by atoms with Gasteiger partial charge in [-0.3, -0.25) is 4.79 Å². The lowest BCUT2D eigenvalue weighted by molar-refractivity contribution is -0.146. The molecule has 0 N–H and O–H groups in total. The van der Waals surface area contributed by atoms with Crippen molar-refractivity contribution in [2.24, 2.45) is 0 Å². The molecule has 0 fully saturated rings. The molecule has 0 aromatic rings. The largest absolute Gasteiger partial charge is 0.463 e. The Kier molecular flexibility index (Phi) is 7.54. The maximum absolute atomic E-state index is 10.9. The van der Waals surface area contributed by atoms with Crippen LogP contribution in [0.4, 0.5) is 0 Å². The fourth-order valence-corrected chi connectivity index (χ4v) is 1.03. The summed E-state index contributed by atoms with van der Waals surface area (Å²) in [5.74, 6) is -0.144. The van der Waals surface area contributed by atoms with Crippen LogP contribution < -0.4 is 0 Å². The molecule has 3 heteroatoms. The lowest BCUT2D eigenvalue weighted by Gasteiger charge is -2.05. The van der Waals surface area contributed by atoms with E-state index >= 15 is 0 Å². The maximum atomic E-state index is 10.9. The van der Waals surface area contributed by atoms with Crippen molar-refractivity contribution in [2.45, 2.75) is 32.8 Å². The van der Waals surface area contributed by atoms with Gasteiger partial charge >= 0.3 is 5.97 Å². The second-order valence-corrected chi connectivity index (χ2v) is 3.77. The summed E-state index contributed by atoms with van der Waals surface area (Å²) in [6, 6.07) is 0. The van der Waals surface area contributed by atoms with E-state index in [-0.39, 0.29) is 12.1 Å². The summed E-state index contributed by atoms with van der Waals surface area (Å²) in [7, 11) is 0. The minimum Gasteiger partial charge on any atom is -0.463 e. The van der Waals surface area contributed by atoms with Gasteiger partial charge in [0.25, 0.3) is 0 Å². The summed E-state index contributed by atoms with van der Waals surface area (Å²) in [4.78, 5) is 10.9. The minimum absolute atomic E-state index is 0.00419. The molecule has 0 unspecified atom stereocenters. The molecule has 0 rings (SSSR count). The first kappa shape index (κ1) is 11.9. The average Bonchev–Trinajstić information content (AvgIpc) is 1.97. The predicted molar refractivity (Wildman–Crippen MR) is 58.5 cm³/mol. The molecule has 0 aromatic carbocycles. The van der Waals surface area contributed by atoms with E-state index in [2.05, 4.69) is 22.6 Å². The average molecular weight is 282 g/mol. The highest BCUT2D eigenvalue weighted by atomic mass is 127. The zero-order chi connectivity index (χ0) is 9.40. The molecule has 12 heavy (non-hydrogen) atoms. The Balaban J connectivity index is 3.43. The molecule has 0 saturated carbocycles. The van der Waals surface area contributed by atoms with Crippen LogP contribution in [-0.4, -0.2) is 16.5 Å². The zero-order valence-corrected chi connectivity index (χ0v) is 9.71. The predicted octanol–water partition coefficient (Wildman–Crippen LogP) is 2.71. The Bertz CT molecular complexity index is 153. The lowest BCUT2D eigenvalue weighted by atomic mass is 10.3. The maximum Gasteiger partial charge on any atom is 0.309 e. The van der Waals surface area contributed by atoms with Gasteiger partial charge in [-0.1, -0.05) is 34.7 Å². The summed E-state index contributed by atoms with van der Waals surface area (Å²) < 4.78 is 6.03. The highest BCUT2D eigenvalue weighted by molar-refractivity contribution is 14.1. The first-order chi connectivity index (χ1) is 5.66. The molecule has 0 aliphatic rings. The number of hydrogen-bond donors (Lipinski definition) is 0. The van der Waals surface area contributed by atoms with Crippen LogP contribution in [0.1, 0.15) is 26.7 Å². The molecule has 0 radical (unpaired) electrons. The summed E-state index contributed by atoms with van der Waals surface area (Å²) in [6.45, 7) is 3.71. The van der Waals surface area contributed by atoms with E-state index in [9.17, 15) is 4.79 Å². The minimum atomic E-state index is -0.144. The van der Waals surface area contributed by atoms with Gasteiger partial charge in [-0.05, 0) is 20.3 Å². The molecule has 0 heterocycles. The van der Waals surface area contributed by atoms with Crippen LogP contribution in [0.5, 0.6) is 0 Å². The van der Waals surface area contributed by atoms with Crippen LogP contribution in [0.3, 0.4) is 0 Å². The molecule has 0 bridgehead atoms. The molecule has 0 amide bonds. The van der Waals surface area contributed by atoms with Gasteiger partial charge in [0.15, 0.2) is 0 Å². The normalized spacial score (nSPS) is 11.0. The Hall–Kier alpha value is -0.0600. The van der Waals surface area contributed by atoms with E-state index in [0.29, 0.717) is 6.42 Å². The number of halogens is 1. The molecule has 0 spiro atoms. The van der Waals surface area contributed by atoms with Crippen LogP contribution in [0.15, 0.2) is 12.2 Å². The van der Waals surface area contributed by atoms with Crippen molar-refractivity contribution in [3.05, 3.63) is 12.2 Å². The molecule has 0 aliphatic heterocycles. The third-order valence-electron chi connectivity index (χ3n) is 1.09. The first-order valence-corrected chi connectivity index (χ1v) is 5.59. The molecule has 0 aliphatic carbocycles. The van der Waals surface area contributed by atoms with Crippen molar-refractivity contribution in [2.75, 3.05) is 4.43 Å². The van der Waals surface area contributed by atoms with Crippen molar-refractivity contribution in [3.8, 4) is 0 Å². The van der Waals surface area contributed by atoms with Crippen molar-refractivity contribution in [1.82, 2.24) is 0 Å². The monoisotopic (exact) mass is 282 g/mol. The Morgan fingerprint density at radius 3 is 2.67 bits per heavy atom. The van der Waals surface area contributed by atoms with Gasteiger partial charge in [-0.15, -0.1) is 0 Å². The van der Waals surface area contributed by atoms with E-state index in [1.807, 2.05) is 26.0 Å². The van der Waals surface area contributed by atoms with Crippen molar-refractivity contribution < 1.29 is 9.53 Å². The molecule has 70 valence electrons. The van der Waals surface area contributed by atoms with Crippen LogP contribution in [-0.2, 0) is 9.53 Å². The third kappa shape index (κ3) is 8.04. The van der Waals surface area contributed by atoms with Crippen LogP contribution in [0.25, 0.3) is 0 Å². The second kappa shape index (κ2) is 7.58. The van der Waals surface area contributed by atoms with Gasteiger partial charge in [0.05, 0.1) is 12.5 Å². The Morgan fingerprint density at radius 1 is 1.50 bits per heavy atom. The number of ether oxygens (including phenoxy) is 1. The molecule has 2 nitrogen and oxygen atoms in total. The van der Waals surface area contributed by atoms with Crippen molar-refractivity contribution >= 4 is 28.6 Å².